The highest BCUT2D eigenvalue weighted by atomic mass is 15.2. The van der Waals surface area contributed by atoms with E-state index in [1.54, 1.807) is 0 Å². The Hall–Kier alpha value is -1.06. The van der Waals surface area contributed by atoms with E-state index in [-0.39, 0.29) is 0 Å². The molecule has 2 aliphatic rings. The van der Waals surface area contributed by atoms with Gasteiger partial charge in [-0.15, -0.1) is 0 Å². The van der Waals surface area contributed by atoms with Crippen molar-refractivity contribution in [3.8, 4) is 0 Å². The first-order valence-corrected chi connectivity index (χ1v) is 8.04. The maximum atomic E-state index is 3.44. The molecule has 0 spiro atoms. The molecule has 1 aromatic carbocycles. The van der Waals surface area contributed by atoms with Gasteiger partial charge in [-0.3, -0.25) is 4.90 Å². The van der Waals surface area contributed by atoms with Crippen molar-refractivity contribution in [3.63, 3.8) is 0 Å². The Morgan fingerprint density at radius 1 is 1.30 bits per heavy atom. The summed E-state index contributed by atoms with van der Waals surface area (Å²) in [7, 11) is 2.29. The molecule has 1 N–H and O–H groups in total. The van der Waals surface area contributed by atoms with Crippen LogP contribution in [0.5, 0.6) is 0 Å². The van der Waals surface area contributed by atoms with Gasteiger partial charge in [0, 0.05) is 24.8 Å². The Kier molecular flexibility index (Phi) is 4.27. The van der Waals surface area contributed by atoms with E-state index in [0.29, 0.717) is 0 Å². The second-order valence-corrected chi connectivity index (χ2v) is 6.25. The quantitative estimate of drug-likeness (QED) is 0.909. The lowest BCUT2D eigenvalue weighted by Crippen LogP contribution is -2.42. The molecule has 0 unspecified atom stereocenters. The summed E-state index contributed by atoms with van der Waals surface area (Å²) >= 11 is 0. The Morgan fingerprint density at radius 2 is 2.10 bits per heavy atom. The molecular formula is C17H27N3. The van der Waals surface area contributed by atoms with E-state index in [0.717, 1.165) is 19.1 Å². The van der Waals surface area contributed by atoms with Crippen LogP contribution in [0.25, 0.3) is 0 Å². The average Bonchev–Trinajstić information content (AvgIpc) is 2.95. The lowest BCUT2D eigenvalue weighted by Gasteiger charge is -2.36. The van der Waals surface area contributed by atoms with Gasteiger partial charge in [-0.05, 0) is 63.1 Å². The standard InChI is InChI=1S/C17H27N3/c1-3-20-10-7-16(8-11-20)19(2)13-14-4-5-17-15(12-14)6-9-18-17/h4-5,12,16,18H,3,6-11,13H2,1-2H3. The van der Waals surface area contributed by atoms with Gasteiger partial charge in [0.25, 0.3) is 0 Å². The van der Waals surface area contributed by atoms with Crippen LogP contribution in [-0.2, 0) is 13.0 Å². The van der Waals surface area contributed by atoms with Gasteiger partial charge in [-0.25, -0.2) is 0 Å². The van der Waals surface area contributed by atoms with Crippen molar-refractivity contribution in [1.82, 2.24) is 9.80 Å². The van der Waals surface area contributed by atoms with Gasteiger partial charge < -0.3 is 10.2 Å². The van der Waals surface area contributed by atoms with E-state index in [1.807, 2.05) is 0 Å². The Bertz CT molecular complexity index is 450. The molecule has 0 radical (unpaired) electrons. The van der Waals surface area contributed by atoms with Gasteiger partial charge in [-0.1, -0.05) is 19.1 Å². The minimum atomic E-state index is 0.754. The van der Waals surface area contributed by atoms with E-state index in [4.69, 9.17) is 0 Å². The van der Waals surface area contributed by atoms with E-state index < -0.39 is 0 Å². The fourth-order valence-electron chi connectivity index (χ4n) is 3.55. The molecule has 0 saturated carbocycles. The Labute approximate surface area is 123 Å². The summed E-state index contributed by atoms with van der Waals surface area (Å²) < 4.78 is 0. The second-order valence-electron chi connectivity index (χ2n) is 6.25. The molecule has 0 aliphatic carbocycles. The SMILES string of the molecule is CCN1CCC(N(C)Cc2ccc3c(c2)CCN3)CC1. The summed E-state index contributed by atoms with van der Waals surface area (Å²) in [6, 6.07) is 7.69. The minimum absolute atomic E-state index is 0.754. The molecule has 3 rings (SSSR count). The second kappa shape index (κ2) is 6.15. The number of hydrogen-bond donors (Lipinski definition) is 1. The van der Waals surface area contributed by atoms with Gasteiger partial charge in [0.2, 0.25) is 0 Å². The van der Waals surface area contributed by atoms with Crippen molar-refractivity contribution in [2.24, 2.45) is 0 Å². The third-order valence-corrected chi connectivity index (χ3v) is 4.94. The van der Waals surface area contributed by atoms with E-state index >= 15 is 0 Å². The summed E-state index contributed by atoms with van der Waals surface area (Å²) in [6.45, 7) is 8.18. The van der Waals surface area contributed by atoms with E-state index in [1.165, 1.54) is 55.7 Å². The molecular weight excluding hydrogens is 246 g/mol. The third kappa shape index (κ3) is 2.99. The van der Waals surface area contributed by atoms with E-state index in [2.05, 4.69) is 47.3 Å². The highest BCUT2D eigenvalue weighted by Crippen LogP contribution is 2.24. The molecule has 20 heavy (non-hydrogen) atoms. The topological polar surface area (TPSA) is 18.5 Å². The monoisotopic (exact) mass is 273 g/mol. The number of nitrogens with zero attached hydrogens (tertiary/aromatic N) is 2. The van der Waals surface area contributed by atoms with Crippen molar-refractivity contribution in [2.45, 2.75) is 38.8 Å². The molecule has 1 aromatic rings. The molecule has 2 aliphatic heterocycles. The molecule has 3 heteroatoms. The van der Waals surface area contributed by atoms with Crippen LogP contribution in [0.4, 0.5) is 5.69 Å². The Morgan fingerprint density at radius 3 is 2.85 bits per heavy atom. The average molecular weight is 273 g/mol. The zero-order valence-corrected chi connectivity index (χ0v) is 12.9. The molecule has 1 saturated heterocycles. The third-order valence-electron chi connectivity index (χ3n) is 4.94. The number of piperidine rings is 1. The number of nitrogens with one attached hydrogen (secondary N) is 1. The van der Waals surface area contributed by atoms with Gasteiger partial charge in [0.05, 0.1) is 0 Å². The summed E-state index contributed by atoms with van der Waals surface area (Å²) in [6.07, 6.45) is 3.81. The number of rotatable bonds is 4. The smallest absolute Gasteiger partial charge is 0.0373 e. The van der Waals surface area contributed by atoms with Gasteiger partial charge in [-0.2, -0.15) is 0 Å². The fourth-order valence-corrected chi connectivity index (χ4v) is 3.55. The molecule has 2 heterocycles. The van der Waals surface area contributed by atoms with E-state index in [9.17, 15) is 0 Å². The molecule has 0 aromatic heterocycles. The van der Waals surface area contributed by atoms with Gasteiger partial charge >= 0.3 is 0 Å². The first-order valence-electron chi connectivity index (χ1n) is 8.04. The predicted octanol–water partition coefficient (Wildman–Crippen LogP) is 2.57. The lowest BCUT2D eigenvalue weighted by molar-refractivity contribution is 0.127. The van der Waals surface area contributed by atoms with Crippen molar-refractivity contribution in [2.75, 3.05) is 38.5 Å². The highest BCUT2D eigenvalue weighted by Gasteiger charge is 2.21. The minimum Gasteiger partial charge on any atom is -0.384 e. The predicted molar refractivity (Wildman–Crippen MR) is 85.2 cm³/mol. The summed E-state index contributed by atoms with van der Waals surface area (Å²) in [4.78, 5) is 5.11. The first kappa shape index (κ1) is 13.9. The number of anilines is 1. The molecule has 1 fully saturated rings. The molecule has 110 valence electrons. The number of fused-ring (bicyclic) bond motifs is 1. The van der Waals surface area contributed by atoms with Crippen LogP contribution < -0.4 is 5.32 Å². The van der Waals surface area contributed by atoms with Crippen molar-refractivity contribution in [1.29, 1.82) is 0 Å². The molecule has 3 nitrogen and oxygen atoms in total. The highest BCUT2D eigenvalue weighted by molar-refractivity contribution is 5.56. The summed E-state index contributed by atoms with van der Waals surface area (Å²) in [5.41, 5.74) is 4.30. The van der Waals surface area contributed by atoms with Crippen molar-refractivity contribution in [3.05, 3.63) is 29.3 Å². The number of benzene rings is 1. The van der Waals surface area contributed by atoms with Crippen LogP contribution in [0, 0.1) is 0 Å². The first-order chi connectivity index (χ1) is 9.76. The molecule has 0 bridgehead atoms. The molecule has 0 amide bonds. The largest absolute Gasteiger partial charge is 0.384 e. The van der Waals surface area contributed by atoms with Crippen LogP contribution in [0.15, 0.2) is 18.2 Å². The van der Waals surface area contributed by atoms with Gasteiger partial charge in [0.1, 0.15) is 0 Å². The maximum Gasteiger partial charge on any atom is 0.0373 e. The van der Waals surface area contributed by atoms with Crippen LogP contribution in [0.1, 0.15) is 30.9 Å². The summed E-state index contributed by atoms with van der Waals surface area (Å²) in [5, 5.41) is 3.44. The lowest BCUT2D eigenvalue weighted by atomic mass is 10.0. The Balaban J connectivity index is 1.57. The van der Waals surface area contributed by atoms with Crippen LogP contribution in [-0.4, -0.2) is 49.1 Å². The zero-order chi connectivity index (χ0) is 13.9. The van der Waals surface area contributed by atoms with Crippen LogP contribution in [0.3, 0.4) is 0 Å². The van der Waals surface area contributed by atoms with Crippen molar-refractivity contribution < 1.29 is 0 Å². The van der Waals surface area contributed by atoms with Crippen LogP contribution in [0.2, 0.25) is 0 Å². The summed E-state index contributed by atoms with van der Waals surface area (Å²) in [5.74, 6) is 0. The van der Waals surface area contributed by atoms with Gasteiger partial charge in [0.15, 0.2) is 0 Å². The number of likely N-dealkylation sites (tertiary alicyclic amines) is 1. The van der Waals surface area contributed by atoms with Crippen LogP contribution >= 0.6 is 0 Å². The maximum absolute atomic E-state index is 3.44. The zero-order valence-electron chi connectivity index (χ0n) is 12.9. The van der Waals surface area contributed by atoms with Crippen molar-refractivity contribution >= 4 is 5.69 Å². The molecule has 0 atom stereocenters. The normalized spacial score (nSPS) is 20.1. The number of hydrogen-bond acceptors (Lipinski definition) is 3. The fraction of sp³-hybridized carbons (Fsp3) is 0.647.